The molecule has 2 aromatic rings. The van der Waals surface area contributed by atoms with Crippen LogP contribution in [0.4, 0.5) is 0 Å². The van der Waals surface area contributed by atoms with Crippen LogP contribution < -0.4 is 0 Å². The number of carbonyl (C=O) groups excluding carboxylic acids is 1. The smallest absolute Gasteiger partial charge is 0.231 e. The number of hydrogen-bond donors (Lipinski definition) is 0. The van der Waals surface area contributed by atoms with E-state index in [0.29, 0.717) is 24.2 Å². The highest BCUT2D eigenvalue weighted by molar-refractivity contribution is 5.79. The van der Waals surface area contributed by atoms with Gasteiger partial charge in [0.15, 0.2) is 0 Å². The molecule has 4 rings (SSSR count). The lowest BCUT2D eigenvalue weighted by Crippen LogP contribution is -2.41. The number of aromatic nitrogens is 2. The number of likely N-dealkylation sites (tertiary alicyclic amines) is 1. The van der Waals surface area contributed by atoms with E-state index in [2.05, 4.69) is 29.2 Å². The third-order valence-corrected chi connectivity index (χ3v) is 5.50. The molecule has 0 unspecified atom stereocenters. The van der Waals surface area contributed by atoms with Gasteiger partial charge in [0.2, 0.25) is 17.6 Å². The summed E-state index contributed by atoms with van der Waals surface area (Å²) in [6.07, 6.45) is 6.50. The minimum atomic E-state index is 0.158. The number of rotatable bonds is 3. The molecule has 2 aliphatic rings. The third kappa shape index (κ3) is 3.46. The summed E-state index contributed by atoms with van der Waals surface area (Å²) in [6.45, 7) is 3.63. The Morgan fingerprint density at radius 2 is 2.04 bits per heavy atom. The normalized spacial score (nSPS) is 21.6. The molecule has 1 aliphatic carbocycles. The third-order valence-electron chi connectivity index (χ3n) is 5.50. The fourth-order valence-corrected chi connectivity index (χ4v) is 4.11. The van der Waals surface area contributed by atoms with Crippen molar-refractivity contribution in [2.75, 3.05) is 13.1 Å². The molecule has 5 nitrogen and oxygen atoms in total. The summed E-state index contributed by atoms with van der Waals surface area (Å²) in [5.74, 6) is 2.04. The quantitative estimate of drug-likeness (QED) is 0.850. The van der Waals surface area contributed by atoms with Crippen molar-refractivity contribution in [1.29, 1.82) is 0 Å². The second-order valence-electron chi connectivity index (χ2n) is 7.43. The first-order valence-electron chi connectivity index (χ1n) is 9.40. The van der Waals surface area contributed by atoms with Gasteiger partial charge in [-0.3, -0.25) is 4.79 Å². The summed E-state index contributed by atoms with van der Waals surface area (Å²) in [5.41, 5.74) is 2.15. The Kier molecular flexibility index (Phi) is 4.55. The van der Waals surface area contributed by atoms with Gasteiger partial charge in [-0.15, -0.1) is 0 Å². The Balaban J connectivity index is 1.47. The SMILES string of the molecule is Cc1cccc(-c2noc([C@@H]3CCCN(C(=O)C4CCCC4)C3)n2)c1. The number of carbonyl (C=O) groups is 1. The van der Waals surface area contributed by atoms with E-state index in [4.69, 9.17) is 4.52 Å². The van der Waals surface area contributed by atoms with Crippen LogP contribution in [0.2, 0.25) is 0 Å². The number of nitrogens with zero attached hydrogens (tertiary/aromatic N) is 3. The maximum atomic E-state index is 12.7. The number of piperidine rings is 1. The van der Waals surface area contributed by atoms with E-state index in [-0.39, 0.29) is 11.8 Å². The minimum absolute atomic E-state index is 0.158. The van der Waals surface area contributed by atoms with Crippen molar-refractivity contribution >= 4 is 5.91 Å². The number of aryl methyl sites for hydroxylation is 1. The molecular weight excluding hydrogens is 314 g/mol. The molecule has 0 radical (unpaired) electrons. The summed E-state index contributed by atoms with van der Waals surface area (Å²) in [6, 6.07) is 8.12. The van der Waals surface area contributed by atoms with E-state index in [0.717, 1.165) is 37.8 Å². The molecule has 5 heteroatoms. The maximum Gasteiger partial charge on any atom is 0.231 e. The van der Waals surface area contributed by atoms with Gasteiger partial charge in [-0.05, 0) is 38.7 Å². The first kappa shape index (κ1) is 16.3. The largest absolute Gasteiger partial charge is 0.342 e. The summed E-state index contributed by atoms with van der Waals surface area (Å²) >= 11 is 0. The van der Waals surface area contributed by atoms with Gasteiger partial charge in [0, 0.05) is 24.6 Å². The van der Waals surface area contributed by atoms with Gasteiger partial charge in [-0.1, -0.05) is 41.8 Å². The monoisotopic (exact) mass is 339 g/mol. The molecule has 25 heavy (non-hydrogen) atoms. The molecule has 0 spiro atoms. The second kappa shape index (κ2) is 6.98. The van der Waals surface area contributed by atoms with E-state index >= 15 is 0 Å². The van der Waals surface area contributed by atoms with E-state index in [1.807, 2.05) is 17.0 Å². The summed E-state index contributed by atoms with van der Waals surface area (Å²) in [4.78, 5) is 19.3. The zero-order valence-corrected chi connectivity index (χ0v) is 14.8. The molecule has 1 saturated heterocycles. The van der Waals surface area contributed by atoms with Gasteiger partial charge in [0.05, 0.1) is 5.92 Å². The lowest BCUT2D eigenvalue weighted by molar-refractivity contribution is -0.136. The van der Waals surface area contributed by atoms with Crippen LogP contribution in [0.5, 0.6) is 0 Å². The van der Waals surface area contributed by atoms with Gasteiger partial charge < -0.3 is 9.42 Å². The van der Waals surface area contributed by atoms with Crippen LogP contribution in [0.3, 0.4) is 0 Å². The van der Waals surface area contributed by atoms with Crippen LogP contribution in [0.25, 0.3) is 11.4 Å². The average Bonchev–Trinajstić information content (AvgIpc) is 3.33. The molecule has 1 atom stereocenters. The Morgan fingerprint density at radius 1 is 1.20 bits per heavy atom. The van der Waals surface area contributed by atoms with Crippen LogP contribution in [-0.4, -0.2) is 34.0 Å². The van der Waals surface area contributed by atoms with Crippen molar-refractivity contribution in [3.05, 3.63) is 35.7 Å². The fourth-order valence-electron chi connectivity index (χ4n) is 4.11. The molecule has 132 valence electrons. The summed E-state index contributed by atoms with van der Waals surface area (Å²) < 4.78 is 5.55. The summed E-state index contributed by atoms with van der Waals surface area (Å²) in [7, 11) is 0. The molecule has 1 aromatic heterocycles. The highest BCUT2D eigenvalue weighted by atomic mass is 16.5. The molecule has 0 N–H and O–H groups in total. The zero-order valence-electron chi connectivity index (χ0n) is 14.8. The van der Waals surface area contributed by atoms with Crippen molar-refractivity contribution in [1.82, 2.24) is 15.0 Å². The minimum Gasteiger partial charge on any atom is -0.342 e. The number of amides is 1. The molecule has 1 amide bonds. The van der Waals surface area contributed by atoms with Crippen LogP contribution >= 0.6 is 0 Å². The fraction of sp³-hybridized carbons (Fsp3) is 0.550. The predicted molar refractivity (Wildman–Crippen MR) is 95.0 cm³/mol. The first-order valence-corrected chi connectivity index (χ1v) is 9.40. The standard InChI is InChI=1S/C20H25N3O2/c1-14-6-4-9-16(12-14)18-21-19(25-22-18)17-10-5-11-23(13-17)20(24)15-7-2-3-8-15/h4,6,9,12,15,17H,2-3,5,7-8,10-11,13H2,1H3/t17-/m1/s1. The first-order chi connectivity index (χ1) is 12.2. The Hall–Kier alpha value is -2.17. The van der Waals surface area contributed by atoms with Crippen molar-refractivity contribution in [3.8, 4) is 11.4 Å². The Morgan fingerprint density at radius 3 is 2.84 bits per heavy atom. The van der Waals surface area contributed by atoms with Crippen molar-refractivity contribution in [2.24, 2.45) is 5.92 Å². The van der Waals surface area contributed by atoms with Crippen LogP contribution in [-0.2, 0) is 4.79 Å². The van der Waals surface area contributed by atoms with Gasteiger partial charge in [-0.25, -0.2) is 0 Å². The van der Waals surface area contributed by atoms with Crippen molar-refractivity contribution in [3.63, 3.8) is 0 Å². The molecule has 2 heterocycles. The van der Waals surface area contributed by atoms with Crippen LogP contribution in [0.15, 0.2) is 28.8 Å². The molecule has 2 fully saturated rings. The molecule has 1 aliphatic heterocycles. The summed E-state index contributed by atoms with van der Waals surface area (Å²) in [5, 5.41) is 4.16. The van der Waals surface area contributed by atoms with E-state index < -0.39 is 0 Å². The van der Waals surface area contributed by atoms with Crippen LogP contribution in [0, 0.1) is 12.8 Å². The Bertz CT molecular complexity index is 749. The van der Waals surface area contributed by atoms with E-state index in [1.165, 1.54) is 18.4 Å². The molecular formula is C20H25N3O2. The second-order valence-corrected chi connectivity index (χ2v) is 7.43. The highest BCUT2D eigenvalue weighted by Crippen LogP contribution is 2.31. The van der Waals surface area contributed by atoms with Gasteiger partial charge in [0.1, 0.15) is 0 Å². The van der Waals surface area contributed by atoms with E-state index in [9.17, 15) is 4.79 Å². The van der Waals surface area contributed by atoms with Crippen molar-refractivity contribution < 1.29 is 9.32 Å². The molecule has 0 bridgehead atoms. The van der Waals surface area contributed by atoms with E-state index in [1.54, 1.807) is 0 Å². The lowest BCUT2D eigenvalue weighted by atomic mass is 9.96. The van der Waals surface area contributed by atoms with Gasteiger partial charge in [-0.2, -0.15) is 4.98 Å². The molecule has 1 aromatic carbocycles. The predicted octanol–water partition coefficient (Wildman–Crippen LogP) is 3.94. The molecule has 1 saturated carbocycles. The average molecular weight is 339 g/mol. The topological polar surface area (TPSA) is 59.2 Å². The number of benzene rings is 1. The highest BCUT2D eigenvalue weighted by Gasteiger charge is 2.33. The maximum absolute atomic E-state index is 12.7. The van der Waals surface area contributed by atoms with Gasteiger partial charge >= 0.3 is 0 Å². The van der Waals surface area contributed by atoms with Crippen LogP contribution in [0.1, 0.15) is 55.9 Å². The zero-order chi connectivity index (χ0) is 17.2. The lowest BCUT2D eigenvalue weighted by Gasteiger charge is -2.32. The number of hydrogen-bond acceptors (Lipinski definition) is 4. The Labute approximate surface area is 148 Å². The van der Waals surface area contributed by atoms with Crippen molar-refractivity contribution in [2.45, 2.75) is 51.4 Å². The van der Waals surface area contributed by atoms with Gasteiger partial charge in [0.25, 0.3) is 0 Å².